The average Bonchev–Trinajstić information content (AvgIpc) is 2.87. The van der Waals surface area contributed by atoms with E-state index in [1.807, 2.05) is 44.9 Å². The van der Waals surface area contributed by atoms with Gasteiger partial charge in [0.1, 0.15) is 5.75 Å². The molecule has 0 spiro atoms. The van der Waals surface area contributed by atoms with Crippen molar-refractivity contribution in [3.05, 3.63) is 46.8 Å². The Morgan fingerprint density at radius 2 is 1.92 bits per heavy atom. The molecule has 0 N–H and O–H groups in total. The number of hydrogen-bond acceptors (Lipinski definition) is 3. The molecule has 0 atom stereocenters. The molecule has 25 heavy (non-hydrogen) atoms. The molecule has 1 saturated heterocycles. The lowest BCUT2D eigenvalue weighted by molar-refractivity contribution is 0.0711. The number of carbonyl (C=O) groups is 1. The summed E-state index contributed by atoms with van der Waals surface area (Å²) >= 11 is 0. The van der Waals surface area contributed by atoms with Gasteiger partial charge in [-0.1, -0.05) is 18.2 Å². The summed E-state index contributed by atoms with van der Waals surface area (Å²) in [6.45, 7) is 8.10. The zero-order valence-electron chi connectivity index (χ0n) is 15.6. The van der Waals surface area contributed by atoms with Crippen molar-refractivity contribution in [2.45, 2.75) is 39.5 Å². The molecule has 1 aliphatic rings. The van der Waals surface area contributed by atoms with E-state index in [2.05, 4.69) is 17.2 Å². The second kappa shape index (κ2) is 7.30. The van der Waals surface area contributed by atoms with Crippen molar-refractivity contribution >= 4 is 5.91 Å². The van der Waals surface area contributed by atoms with Crippen LogP contribution in [0.2, 0.25) is 0 Å². The van der Waals surface area contributed by atoms with Gasteiger partial charge in [0.15, 0.2) is 0 Å². The van der Waals surface area contributed by atoms with Crippen LogP contribution in [0.15, 0.2) is 24.3 Å². The Labute approximate surface area is 149 Å². The molecule has 1 aliphatic heterocycles. The molecule has 0 unspecified atom stereocenters. The fourth-order valence-electron chi connectivity index (χ4n) is 3.74. The molecule has 1 aromatic heterocycles. The van der Waals surface area contributed by atoms with E-state index in [1.165, 1.54) is 5.56 Å². The Kier molecular flexibility index (Phi) is 5.11. The summed E-state index contributed by atoms with van der Waals surface area (Å²) in [5, 5.41) is 4.37. The molecule has 0 aliphatic carbocycles. The van der Waals surface area contributed by atoms with Crippen molar-refractivity contribution in [3.63, 3.8) is 0 Å². The molecule has 1 fully saturated rings. The smallest absolute Gasteiger partial charge is 0.257 e. The van der Waals surface area contributed by atoms with Gasteiger partial charge in [0.2, 0.25) is 0 Å². The maximum atomic E-state index is 12.9. The van der Waals surface area contributed by atoms with Crippen molar-refractivity contribution in [3.8, 4) is 5.75 Å². The van der Waals surface area contributed by atoms with Crippen LogP contribution in [0.25, 0.3) is 0 Å². The normalized spacial score (nSPS) is 15.4. The summed E-state index contributed by atoms with van der Waals surface area (Å²) in [4.78, 5) is 14.9. The Morgan fingerprint density at radius 1 is 1.24 bits per heavy atom. The number of nitrogens with zero attached hydrogens (tertiary/aromatic N) is 3. The summed E-state index contributed by atoms with van der Waals surface area (Å²) in [6.07, 6.45) is 1.93. The quantitative estimate of drug-likeness (QED) is 0.856. The van der Waals surface area contributed by atoms with Gasteiger partial charge < -0.3 is 9.64 Å². The minimum absolute atomic E-state index is 0.111. The van der Waals surface area contributed by atoms with Crippen LogP contribution in [0.3, 0.4) is 0 Å². The van der Waals surface area contributed by atoms with Gasteiger partial charge in [0, 0.05) is 25.8 Å². The van der Waals surface area contributed by atoms with E-state index in [-0.39, 0.29) is 5.91 Å². The first kappa shape index (κ1) is 17.5. The number of likely N-dealkylation sites (tertiary alicyclic amines) is 1. The van der Waals surface area contributed by atoms with Crippen LogP contribution >= 0.6 is 0 Å². The molecule has 0 bridgehead atoms. The monoisotopic (exact) mass is 341 g/mol. The number of hydrogen-bond donors (Lipinski definition) is 0. The standard InChI is InChI=1S/C20H27N3O2/c1-5-25-18-9-7-6-8-17(18)16-10-12-23(13-11-16)20(24)19-14(2)21-22(4)15(19)3/h6-9,16H,5,10-13H2,1-4H3. The van der Waals surface area contributed by atoms with Gasteiger partial charge in [-0.15, -0.1) is 0 Å². The SMILES string of the molecule is CCOc1ccccc1C1CCN(C(=O)c2c(C)nn(C)c2C)CC1. The van der Waals surface area contributed by atoms with E-state index >= 15 is 0 Å². The number of amides is 1. The lowest BCUT2D eigenvalue weighted by Gasteiger charge is -2.33. The van der Waals surface area contributed by atoms with Crippen LogP contribution < -0.4 is 4.74 Å². The fraction of sp³-hybridized carbons (Fsp3) is 0.500. The maximum Gasteiger partial charge on any atom is 0.257 e. The molecule has 0 saturated carbocycles. The minimum Gasteiger partial charge on any atom is -0.494 e. The predicted octanol–water partition coefficient (Wildman–Crippen LogP) is 3.46. The van der Waals surface area contributed by atoms with E-state index < -0.39 is 0 Å². The first-order valence-electron chi connectivity index (χ1n) is 9.04. The predicted molar refractivity (Wildman–Crippen MR) is 98.2 cm³/mol. The van der Waals surface area contributed by atoms with Crippen LogP contribution in [-0.4, -0.2) is 40.3 Å². The third-order valence-electron chi connectivity index (χ3n) is 5.16. The average molecular weight is 341 g/mol. The zero-order valence-corrected chi connectivity index (χ0v) is 15.6. The van der Waals surface area contributed by atoms with E-state index in [4.69, 9.17) is 4.74 Å². The maximum absolute atomic E-state index is 12.9. The first-order valence-corrected chi connectivity index (χ1v) is 9.04. The van der Waals surface area contributed by atoms with Crippen molar-refractivity contribution in [1.82, 2.24) is 14.7 Å². The van der Waals surface area contributed by atoms with Gasteiger partial charge in [0.05, 0.1) is 17.9 Å². The Hall–Kier alpha value is -2.30. The summed E-state index contributed by atoms with van der Waals surface area (Å²) in [5.41, 5.74) is 3.78. The summed E-state index contributed by atoms with van der Waals surface area (Å²) in [7, 11) is 1.88. The first-order chi connectivity index (χ1) is 12.0. The van der Waals surface area contributed by atoms with Crippen LogP contribution in [0.1, 0.15) is 53.0 Å². The topological polar surface area (TPSA) is 47.4 Å². The highest BCUT2D eigenvalue weighted by Gasteiger charge is 2.28. The van der Waals surface area contributed by atoms with Crippen molar-refractivity contribution in [2.75, 3.05) is 19.7 Å². The molecule has 1 amide bonds. The molecular formula is C20H27N3O2. The molecule has 3 rings (SSSR count). The summed E-state index contributed by atoms with van der Waals surface area (Å²) < 4.78 is 7.56. The Bertz CT molecular complexity index is 758. The van der Waals surface area contributed by atoms with Crippen LogP contribution in [0, 0.1) is 13.8 Å². The molecule has 2 aromatic rings. The molecule has 5 heteroatoms. The summed E-state index contributed by atoms with van der Waals surface area (Å²) in [5.74, 6) is 1.54. The van der Waals surface area contributed by atoms with Crippen LogP contribution in [0.5, 0.6) is 5.75 Å². The number of carbonyl (C=O) groups excluding carboxylic acids is 1. The number of ether oxygens (including phenoxy) is 1. The highest BCUT2D eigenvalue weighted by Crippen LogP contribution is 2.34. The van der Waals surface area contributed by atoms with E-state index in [9.17, 15) is 4.79 Å². The van der Waals surface area contributed by atoms with E-state index in [0.717, 1.165) is 48.6 Å². The van der Waals surface area contributed by atoms with Gasteiger partial charge in [-0.05, 0) is 51.2 Å². The Morgan fingerprint density at radius 3 is 2.52 bits per heavy atom. The Balaban J connectivity index is 1.71. The number of aryl methyl sites for hydroxylation is 2. The second-order valence-corrected chi connectivity index (χ2v) is 6.71. The largest absolute Gasteiger partial charge is 0.494 e. The number of para-hydroxylation sites is 1. The van der Waals surface area contributed by atoms with Gasteiger partial charge in [-0.25, -0.2) is 0 Å². The highest BCUT2D eigenvalue weighted by molar-refractivity contribution is 5.96. The van der Waals surface area contributed by atoms with E-state index in [0.29, 0.717) is 12.5 Å². The lowest BCUT2D eigenvalue weighted by Crippen LogP contribution is -2.38. The number of rotatable bonds is 4. The number of piperidine rings is 1. The molecule has 0 radical (unpaired) electrons. The molecular weight excluding hydrogens is 314 g/mol. The minimum atomic E-state index is 0.111. The molecule has 1 aromatic carbocycles. The van der Waals surface area contributed by atoms with Crippen LogP contribution in [-0.2, 0) is 7.05 Å². The van der Waals surface area contributed by atoms with Gasteiger partial charge in [-0.3, -0.25) is 9.48 Å². The second-order valence-electron chi connectivity index (χ2n) is 6.71. The summed E-state index contributed by atoms with van der Waals surface area (Å²) in [6, 6.07) is 8.28. The van der Waals surface area contributed by atoms with Crippen molar-refractivity contribution < 1.29 is 9.53 Å². The van der Waals surface area contributed by atoms with Crippen LogP contribution in [0.4, 0.5) is 0 Å². The van der Waals surface area contributed by atoms with Gasteiger partial charge in [-0.2, -0.15) is 5.10 Å². The third kappa shape index (κ3) is 3.41. The third-order valence-corrected chi connectivity index (χ3v) is 5.16. The van der Waals surface area contributed by atoms with E-state index in [1.54, 1.807) is 4.68 Å². The molecule has 134 valence electrons. The van der Waals surface area contributed by atoms with Gasteiger partial charge in [0.25, 0.3) is 5.91 Å². The number of benzene rings is 1. The van der Waals surface area contributed by atoms with Crippen molar-refractivity contribution in [1.29, 1.82) is 0 Å². The molecule has 5 nitrogen and oxygen atoms in total. The highest BCUT2D eigenvalue weighted by atomic mass is 16.5. The van der Waals surface area contributed by atoms with Crippen molar-refractivity contribution in [2.24, 2.45) is 7.05 Å². The fourth-order valence-corrected chi connectivity index (χ4v) is 3.74. The zero-order chi connectivity index (χ0) is 18.0. The lowest BCUT2D eigenvalue weighted by atomic mass is 9.88. The number of aromatic nitrogens is 2. The van der Waals surface area contributed by atoms with Gasteiger partial charge >= 0.3 is 0 Å². The molecule has 2 heterocycles.